The maximum absolute atomic E-state index is 11.6. The topological polar surface area (TPSA) is 50.4 Å². The molecule has 74 valence electrons. The maximum Gasteiger partial charge on any atom is 0.328 e. The molecule has 2 rings (SSSR count). The molecule has 0 bridgehead atoms. The number of cyclic esters (lactones) is 1. The summed E-state index contributed by atoms with van der Waals surface area (Å²) < 4.78 is 5.30. The highest BCUT2D eigenvalue weighted by molar-refractivity contribution is 5.84. The van der Waals surface area contributed by atoms with Crippen LogP contribution in [0.1, 0.15) is 20.3 Å². The van der Waals surface area contributed by atoms with Crippen molar-refractivity contribution in [1.29, 1.82) is 0 Å². The van der Waals surface area contributed by atoms with Gasteiger partial charge in [0.2, 0.25) is 0 Å². The molecule has 0 radical (unpaired) electrons. The van der Waals surface area contributed by atoms with Gasteiger partial charge in [0, 0.05) is 26.1 Å². The fourth-order valence-electron chi connectivity index (χ4n) is 2.21. The average Bonchev–Trinajstić information content (AvgIpc) is 2.23. The van der Waals surface area contributed by atoms with Crippen molar-refractivity contribution in [3.63, 3.8) is 0 Å². The lowest BCUT2D eigenvalue weighted by molar-refractivity contribution is -0.150. The molecule has 2 saturated heterocycles. The van der Waals surface area contributed by atoms with Crippen molar-refractivity contribution in [2.24, 2.45) is 0 Å². The summed E-state index contributed by atoms with van der Waals surface area (Å²) in [6.45, 7) is 6.36. The minimum absolute atomic E-state index is 0.107. The molecular formula is C9H16N2O2. The fourth-order valence-corrected chi connectivity index (χ4v) is 2.21. The molecule has 2 aliphatic heterocycles. The third kappa shape index (κ3) is 1.44. The molecule has 0 aliphatic carbocycles. The van der Waals surface area contributed by atoms with Gasteiger partial charge >= 0.3 is 5.97 Å². The third-order valence-corrected chi connectivity index (χ3v) is 2.68. The number of hydrogen-bond acceptors (Lipinski definition) is 4. The van der Waals surface area contributed by atoms with Gasteiger partial charge in [0.05, 0.1) is 0 Å². The van der Waals surface area contributed by atoms with E-state index in [0.29, 0.717) is 6.54 Å². The van der Waals surface area contributed by atoms with Crippen molar-refractivity contribution < 1.29 is 9.53 Å². The fraction of sp³-hybridized carbons (Fsp3) is 0.889. The third-order valence-electron chi connectivity index (χ3n) is 2.68. The van der Waals surface area contributed by atoms with Gasteiger partial charge in [-0.15, -0.1) is 0 Å². The molecule has 4 heteroatoms. The second-order valence-corrected chi connectivity index (χ2v) is 4.51. The van der Waals surface area contributed by atoms with Crippen LogP contribution in [0.5, 0.6) is 0 Å². The molecule has 0 saturated carbocycles. The normalized spacial score (nSPS) is 37.8. The van der Waals surface area contributed by atoms with Gasteiger partial charge in [-0.3, -0.25) is 5.32 Å². The Morgan fingerprint density at radius 3 is 2.62 bits per heavy atom. The van der Waals surface area contributed by atoms with E-state index < -0.39 is 5.54 Å². The monoisotopic (exact) mass is 184 g/mol. The van der Waals surface area contributed by atoms with Gasteiger partial charge < -0.3 is 10.1 Å². The molecule has 2 heterocycles. The van der Waals surface area contributed by atoms with Gasteiger partial charge in [-0.2, -0.15) is 0 Å². The Kier molecular flexibility index (Phi) is 1.85. The molecule has 0 aromatic heterocycles. The molecule has 0 aromatic carbocycles. The largest absolute Gasteiger partial charge is 0.458 e. The zero-order valence-corrected chi connectivity index (χ0v) is 8.14. The summed E-state index contributed by atoms with van der Waals surface area (Å²) in [6, 6.07) is 0. The number of piperazine rings is 1. The summed E-state index contributed by atoms with van der Waals surface area (Å²) in [6.07, 6.45) is 0.756. The first kappa shape index (κ1) is 8.97. The number of esters is 1. The van der Waals surface area contributed by atoms with Crippen LogP contribution in [0.25, 0.3) is 0 Å². The van der Waals surface area contributed by atoms with Gasteiger partial charge in [0.1, 0.15) is 11.1 Å². The van der Waals surface area contributed by atoms with Gasteiger partial charge in [-0.25, -0.2) is 4.79 Å². The van der Waals surface area contributed by atoms with Gasteiger partial charge in [-0.1, -0.05) is 0 Å². The first-order valence-corrected chi connectivity index (χ1v) is 4.73. The number of hydrogen-bond donors (Lipinski definition) is 2. The number of nitrogens with one attached hydrogen (secondary N) is 2. The molecule has 2 fully saturated rings. The van der Waals surface area contributed by atoms with Crippen molar-refractivity contribution in [3.8, 4) is 0 Å². The molecular weight excluding hydrogens is 168 g/mol. The molecule has 13 heavy (non-hydrogen) atoms. The Labute approximate surface area is 78.0 Å². The summed E-state index contributed by atoms with van der Waals surface area (Å²) in [5, 5.41) is 6.49. The standard InChI is InChI=1S/C9H16N2O2/c1-8(2)5-9(7(12)13-8)6-10-3-4-11-9/h10-11H,3-6H2,1-2H3. The van der Waals surface area contributed by atoms with Crippen LogP contribution in [0.4, 0.5) is 0 Å². The van der Waals surface area contributed by atoms with Crippen molar-refractivity contribution in [2.75, 3.05) is 19.6 Å². The van der Waals surface area contributed by atoms with Crippen LogP contribution in [0.15, 0.2) is 0 Å². The number of carbonyl (C=O) groups excluding carboxylic acids is 1. The molecule has 1 atom stereocenters. The van der Waals surface area contributed by atoms with E-state index in [2.05, 4.69) is 10.6 Å². The van der Waals surface area contributed by atoms with Crippen LogP contribution in [0, 0.1) is 0 Å². The zero-order valence-electron chi connectivity index (χ0n) is 8.14. The van der Waals surface area contributed by atoms with Crippen LogP contribution in [-0.4, -0.2) is 36.7 Å². The van der Waals surface area contributed by atoms with Crippen LogP contribution >= 0.6 is 0 Å². The van der Waals surface area contributed by atoms with E-state index in [4.69, 9.17) is 4.74 Å². The van der Waals surface area contributed by atoms with E-state index in [1.54, 1.807) is 0 Å². The van der Waals surface area contributed by atoms with Gasteiger partial charge in [0.15, 0.2) is 0 Å². The Balaban J connectivity index is 2.18. The Hall–Kier alpha value is -0.610. The molecule has 4 nitrogen and oxygen atoms in total. The van der Waals surface area contributed by atoms with Crippen LogP contribution in [0.3, 0.4) is 0 Å². The molecule has 0 aromatic rings. The highest BCUT2D eigenvalue weighted by Gasteiger charge is 2.52. The second kappa shape index (κ2) is 2.69. The van der Waals surface area contributed by atoms with Crippen LogP contribution in [0.2, 0.25) is 0 Å². The lowest BCUT2D eigenvalue weighted by Crippen LogP contribution is -2.62. The minimum Gasteiger partial charge on any atom is -0.458 e. The minimum atomic E-state index is -0.457. The number of carbonyl (C=O) groups is 1. The predicted octanol–water partition coefficient (Wildman–Crippen LogP) is -0.356. The lowest BCUT2D eigenvalue weighted by atomic mass is 9.88. The van der Waals surface area contributed by atoms with E-state index in [0.717, 1.165) is 19.5 Å². The first-order valence-electron chi connectivity index (χ1n) is 4.73. The molecule has 2 aliphatic rings. The maximum atomic E-state index is 11.6. The second-order valence-electron chi connectivity index (χ2n) is 4.51. The highest BCUT2D eigenvalue weighted by Crippen LogP contribution is 2.33. The van der Waals surface area contributed by atoms with Gasteiger partial charge in [-0.05, 0) is 13.8 Å². The Morgan fingerprint density at radius 1 is 1.38 bits per heavy atom. The molecule has 0 amide bonds. The van der Waals surface area contributed by atoms with E-state index in [1.807, 2.05) is 13.8 Å². The molecule has 1 unspecified atom stereocenters. The highest BCUT2D eigenvalue weighted by atomic mass is 16.6. The quantitative estimate of drug-likeness (QED) is 0.505. The SMILES string of the molecule is CC1(C)CC2(CNCCN2)C(=O)O1. The summed E-state index contributed by atoms with van der Waals surface area (Å²) in [7, 11) is 0. The summed E-state index contributed by atoms with van der Waals surface area (Å²) in [5.74, 6) is -0.107. The summed E-state index contributed by atoms with van der Waals surface area (Å²) in [4.78, 5) is 11.6. The number of rotatable bonds is 0. The van der Waals surface area contributed by atoms with Crippen molar-refractivity contribution in [2.45, 2.75) is 31.4 Å². The first-order chi connectivity index (χ1) is 6.04. The molecule has 2 N–H and O–H groups in total. The van der Waals surface area contributed by atoms with Crippen molar-refractivity contribution in [3.05, 3.63) is 0 Å². The van der Waals surface area contributed by atoms with Crippen molar-refractivity contribution in [1.82, 2.24) is 10.6 Å². The van der Waals surface area contributed by atoms with Crippen LogP contribution in [-0.2, 0) is 9.53 Å². The zero-order chi connectivity index (χ0) is 9.53. The van der Waals surface area contributed by atoms with E-state index >= 15 is 0 Å². The van der Waals surface area contributed by atoms with E-state index in [9.17, 15) is 4.79 Å². The summed E-state index contributed by atoms with van der Waals surface area (Å²) >= 11 is 0. The van der Waals surface area contributed by atoms with Crippen LogP contribution < -0.4 is 10.6 Å². The Bertz CT molecular complexity index is 232. The van der Waals surface area contributed by atoms with E-state index in [-0.39, 0.29) is 11.6 Å². The van der Waals surface area contributed by atoms with Gasteiger partial charge in [0.25, 0.3) is 0 Å². The van der Waals surface area contributed by atoms with E-state index in [1.165, 1.54) is 0 Å². The smallest absolute Gasteiger partial charge is 0.328 e. The average molecular weight is 184 g/mol. The molecule has 1 spiro atoms. The number of ether oxygens (including phenoxy) is 1. The lowest BCUT2D eigenvalue weighted by Gasteiger charge is -2.31. The van der Waals surface area contributed by atoms with Crippen molar-refractivity contribution >= 4 is 5.97 Å². The predicted molar refractivity (Wildman–Crippen MR) is 48.4 cm³/mol. The summed E-state index contributed by atoms with van der Waals surface area (Å²) in [5.41, 5.74) is -0.773. The Morgan fingerprint density at radius 2 is 2.15 bits per heavy atom.